The molecule has 0 radical (unpaired) electrons. The van der Waals surface area contributed by atoms with E-state index in [0.717, 1.165) is 13.5 Å². The Morgan fingerprint density at radius 3 is 1.71 bits per heavy atom. The minimum absolute atomic E-state index is 0. The van der Waals surface area contributed by atoms with E-state index in [-0.39, 0.29) is 17.1 Å². The summed E-state index contributed by atoms with van der Waals surface area (Å²) in [5.74, 6) is 2.18. The van der Waals surface area contributed by atoms with Crippen molar-refractivity contribution in [1.29, 1.82) is 0 Å². The van der Waals surface area contributed by atoms with Crippen LogP contribution in [0.4, 0.5) is 0 Å². The summed E-state index contributed by atoms with van der Waals surface area (Å²) < 4.78 is 0. The van der Waals surface area contributed by atoms with E-state index < -0.39 is 0 Å². The monoisotopic (exact) mass is 148 g/mol. The summed E-state index contributed by atoms with van der Waals surface area (Å²) in [6.07, 6.45) is 6.94. The molecule has 1 nitrogen and oxygen atoms in total. The van der Waals surface area contributed by atoms with Crippen molar-refractivity contribution in [1.82, 2.24) is 0 Å². The van der Waals surface area contributed by atoms with Crippen molar-refractivity contribution in [2.75, 3.05) is 7.11 Å². The zero-order valence-electron chi connectivity index (χ0n) is 4.46. The zero-order valence-corrected chi connectivity index (χ0v) is 5.40. The van der Waals surface area contributed by atoms with Crippen LogP contribution in [0.3, 0.4) is 0 Å². The van der Waals surface area contributed by atoms with Crippen LogP contribution in [0.1, 0.15) is 13.3 Å². The van der Waals surface area contributed by atoms with E-state index in [0.29, 0.717) is 0 Å². The second kappa shape index (κ2) is 36.9. The van der Waals surface area contributed by atoms with Crippen LogP contribution in [0.2, 0.25) is 0 Å². The molecule has 0 aromatic rings. The first-order valence-electron chi connectivity index (χ1n) is 1.76. The molecule has 2 heteroatoms. The Hall–Kier alpha value is 0.0395. The summed E-state index contributed by atoms with van der Waals surface area (Å²) in [5.41, 5.74) is 0. The largest absolute Gasteiger partial charge is 1.00 e. The normalized spacial score (nSPS) is 3.71. The van der Waals surface area contributed by atoms with Crippen molar-refractivity contribution in [2.45, 2.75) is 13.3 Å². The minimum Gasteiger partial charge on any atom is -0.694 e. The molecule has 0 saturated carbocycles. The molecule has 0 aliphatic heterocycles. The van der Waals surface area contributed by atoms with E-state index in [2.05, 4.69) is 5.92 Å². The van der Waals surface area contributed by atoms with E-state index in [1.54, 1.807) is 0 Å². The average molecular weight is 149 g/mol. The van der Waals surface area contributed by atoms with Gasteiger partial charge in [0.1, 0.15) is 0 Å². The summed E-state index contributed by atoms with van der Waals surface area (Å²) in [6.45, 7) is 1.88. The maximum Gasteiger partial charge on any atom is 1.00 e. The van der Waals surface area contributed by atoms with Gasteiger partial charge in [-0.25, -0.2) is 0 Å². The van der Waals surface area contributed by atoms with Crippen LogP contribution in [-0.2, 0) is 17.1 Å². The zero-order chi connectivity index (χ0) is 5.41. The van der Waals surface area contributed by atoms with Crippen LogP contribution in [0.5, 0.6) is 0 Å². The topological polar surface area (TPSA) is 20.2 Å². The third kappa shape index (κ3) is 91.2. The maximum absolute atomic E-state index is 7.00. The number of hydrogen-bond donors (Lipinski definition) is 1. The van der Waals surface area contributed by atoms with E-state index in [9.17, 15) is 0 Å². The van der Waals surface area contributed by atoms with Gasteiger partial charge >= 0.3 is 17.1 Å². The van der Waals surface area contributed by atoms with Gasteiger partial charge in [-0.1, -0.05) is 6.92 Å². The fourth-order valence-electron chi connectivity index (χ4n) is 0. The molecule has 0 aliphatic carbocycles. The summed E-state index contributed by atoms with van der Waals surface area (Å²) in [7, 11) is 1.00. The van der Waals surface area contributed by atoms with Gasteiger partial charge in [-0.3, -0.25) is 0 Å². The molecule has 0 heterocycles. The molecule has 0 amide bonds. The van der Waals surface area contributed by atoms with Crippen LogP contribution < -0.4 is 0 Å². The molecular formula is C5H9CuO. The minimum atomic E-state index is 0. The standard InChI is InChI=1S/C4H5.CH4O.Cu/c1-3-4-2;1-2;/h3H2,1H3;2H,1H3;/q-1;;+1. The number of aliphatic hydroxyl groups is 1. The second-order valence-electron chi connectivity index (χ2n) is 0.530. The first-order chi connectivity index (χ1) is 2.91. The fourth-order valence-corrected chi connectivity index (χ4v) is 0. The third-order valence-electron chi connectivity index (χ3n) is 0.177. The van der Waals surface area contributed by atoms with Gasteiger partial charge in [-0.05, 0) is 6.42 Å². The van der Waals surface area contributed by atoms with Gasteiger partial charge in [-0.2, -0.15) is 0 Å². The number of hydrogen-bond acceptors (Lipinski definition) is 1. The molecule has 1 N–H and O–H groups in total. The third-order valence-corrected chi connectivity index (χ3v) is 0.177. The van der Waals surface area contributed by atoms with E-state index in [4.69, 9.17) is 11.5 Å². The molecule has 46 valence electrons. The van der Waals surface area contributed by atoms with E-state index in [1.807, 2.05) is 6.92 Å². The summed E-state index contributed by atoms with van der Waals surface area (Å²) in [5, 5.41) is 7.00. The number of rotatable bonds is 0. The average Bonchev–Trinajstić information content (AvgIpc) is 1.72. The van der Waals surface area contributed by atoms with Crippen molar-refractivity contribution < 1.29 is 22.2 Å². The van der Waals surface area contributed by atoms with Gasteiger partial charge in [-0.15, -0.1) is 0 Å². The predicted molar refractivity (Wildman–Crippen MR) is 25.6 cm³/mol. The van der Waals surface area contributed by atoms with Crippen LogP contribution in [0, 0.1) is 12.3 Å². The molecule has 0 saturated heterocycles. The van der Waals surface area contributed by atoms with E-state index in [1.165, 1.54) is 0 Å². The predicted octanol–water partition coefficient (Wildman–Crippen LogP) is 0.592. The van der Waals surface area contributed by atoms with Gasteiger partial charge in [0.25, 0.3) is 0 Å². The smallest absolute Gasteiger partial charge is 0.694 e. The van der Waals surface area contributed by atoms with Gasteiger partial charge in [0.15, 0.2) is 0 Å². The van der Waals surface area contributed by atoms with Crippen LogP contribution >= 0.6 is 0 Å². The van der Waals surface area contributed by atoms with E-state index >= 15 is 0 Å². The first kappa shape index (κ1) is 15.7. The molecule has 7 heavy (non-hydrogen) atoms. The van der Waals surface area contributed by atoms with Crippen LogP contribution in [0.15, 0.2) is 0 Å². The Balaban J connectivity index is -0.0000000480. The molecule has 0 bridgehead atoms. The second-order valence-corrected chi connectivity index (χ2v) is 0.530. The molecule has 0 atom stereocenters. The van der Waals surface area contributed by atoms with Gasteiger partial charge < -0.3 is 17.5 Å². The molecule has 0 rings (SSSR count). The molecule has 0 spiro atoms. The Kier molecular flexibility index (Phi) is 82.9. The molecule has 0 aromatic heterocycles. The Labute approximate surface area is 55.6 Å². The molecular weight excluding hydrogens is 140 g/mol. The maximum atomic E-state index is 7.00. The molecule has 0 fully saturated rings. The van der Waals surface area contributed by atoms with Gasteiger partial charge in [0, 0.05) is 7.11 Å². The number of aliphatic hydroxyl groups excluding tert-OH is 1. The van der Waals surface area contributed by atoms with Crippen molar-refractivity contribution >= 4 is 0 Å². The van der Waals surface area contributed by atoms with Crippen LogP contribution in [-0.4, -0.2) is 12.2 Å². The Morgan fingerprint density at radius 1 is 1.57 bits per heavy atom. The van der Waals surface area contributed by atoms with Crippen molar-refractivity contribution in [3.05, 3.63) is 6.42 Å². The quantitative estimate of drug-likeness (QED) is 0.303. The molecule has 0 unspecified atom stereocenters. The van der Waals surface area contributed by atoms with Crippen molar-refractivity contribution in [2.24, 2.45) is 0 Å². The Morgan fingerprint density at radius 2 is 1.71 bits per heavy atom. The van der Waals surface area contributed by atoms with Gasteiger partial charge in [0.2, 0.25) is 0 Å². The Bertz CT molecular complexity index is 37.8. The summed E-state index contributed by atoms with van der Waals surface area (Å²) in [4.78, 5) is 0. The first-order valence-corrected chi connectivity index (χ1v) is 1.76. The molecule has 0 aromatic carbocycles. The molecule has 0 aliphatic rings. The van der Waals surface area contributed by atoms with Crippen LogP contribution in [0.25, 0.3) is 0 Å². The summed E-state index contributed by atoms with van der Waals surface area (Å²) in [6, 6.07) is 0. The summed E-state index contributed by atoms with van der Waals surface area (Å²) >= 11 is 0. The fraction of sp³-hybridized carbons (Fsp3) is 0.600. The van der Waals surface area contributed by atoms with Gasteiger partial charge in [0.05, 0.1) is 0 Å². The SMILES string of the molecule is CO.[C-]#CCC.[Cu+]. The van der Waals surface area contributed by atoms with Crippen molar-refractivity contribution in [3.63, 3.8) is 0 Å². The van der Waals surface area contributed by atoms with Crippen molar-refractivity contribution in [3.8, 4) is 5.92 Å².